The molecule has 0 unspecified atom stereocenters. The SMILES string of the molecule is O=C(c1ccn[nH]1)N1CC[C@@H](c2cc(CCOc3cccc(C(F)(F)F)c3)[nH]n2)C1. The van der Waals surface area contributed by atoms with Crippen molar-refractivity contribution in [1.82, 2.24) is 25.3 Å². The van der Waals surface area contributed by atoms with E-state index in [1.807, 2.05) is 6.07 Å². The lowest BCUT2D eigenvalue weighted by atomic mass is 10.0. The Bertz CT molecular complexity index is 1000. The molecular formula is C20H20F3N5O2. The van der Waals surface area contributed by atoms with Crippen LogP contribution in [-0.4, -0.2) is 50.9 Å². The van der Waals surface area contributed by atoms with Gasteiger partial charge in [-0.25, -0.2) is 0 Å². The third kappa shape index (κ3) is 4.47. The summed E-state index contributed by atoms with van der Waals surface area (Å²) in [5.74, 6) is 0.222. The highest BCUT2D eigenvalue weighted by Gasteiger charge is 2.31. The molecule has 1 saturated heterocycles. The molecule has 3 aromatic rings. The van der Waals surface area contributed by atoms with E-state index < -0.39 is 11.7 Å². The molecule has 4 rings (SSSR count). The second-order valence-corrected chi connectivity index (χ2v) is 7.15. The Morgan fingerprint density at radius 1 is 1.23 bits per heavy atom. The van der Waals surface area contributed by atoms with Gasteiger partial charge in [0.15, 0.2) is 0 Å². The number of H-pyrrole nitrogens is 2. The zero-order chi connectivity index (χ0) is 21.1. The molecule has 1 amide bonds. The molecule has 7 nitrogen and oxygen atoms in total. The Labute approximate surface area is 170 Å². The standard InChI is InChI=1S/C20H20F3N5O2/c21-20(22,23)14-2-1-3-16(10-14)30-9-6-15-11-18(27-25-15)13-5-8-28(12-13)19(29)17-4-7-24-26-17/h1-4,7,10-11,13H,5-6,8-9,12H2,(H,24,26)(H,25,27)/t13-/m1/s1. The molecule has 158 valence electrons. The Hall–Kier alpha value is -3.30. The average Bonchev–Trinajstić information content (AvgIpc) is 3.47. The van der Waals surface area contributed by atoms with Crippen LogP contribution >= 0.6 is 0 Å². The van der Waals surface area contributed by atoms with Crippen LogP contribution in [0.1, 0.15) is 39.8 Å². The van der Waals surface area contributed by atoms with E-state index in [-0.39, 0.29) is 24.2 Å². The predicted molar refractivity (Wildman–Crippen MR) is 101 cm³/mol. The molecule has 0 bridgehead atoms. The van der Waals surface area contributed by atoms with Gasteiger partial charge >= 0.3 is 6.18 Å². The number of amides is 1. The maximum atomic E-state index is 12.8. The van der Waals surface area contributed by atoms with E-state index >= 15 is 0 Å². The highest BCUT2D eigenvalue weighted by molar-refractivity contribution is 5.92. The number of hydrogen-bond donors (Lipinski definition) is 2. The van der Waals surface area contributed by atoms with Crippen LogP contribution in [0.2, 0.25) is 0 Å². The summed E-state index contributed by atoms with van der Waals surface area (Å²) >= 11 is 0. The van der Waals surface area contributed by atoms with Crippen LogP contribution < -0.4 is 4.74 Å². The first-order chi connectivity index (χ1) is 14.4. The van der Waals surface area contributed by atoms with Crippen molar-refractivity contribution < 1.29 is 22.7 Å². The summed E-state index contributed by atoms with van der Waals surface area (Å²) in [4.78, 5) is 14.2. The number of carbonyl (C=O) groups is 1. The van der Waals surface area contributed by atoms with Crippen molar-refractivity contribution in [3.8, 4) is 5.75 Å². The van der Waals surface area contributed by atoms with E-state index in [0.717, 1.165) is 29.9 Å². The van der Waals surface area contributed by atoms with Crippen LogP contribution in [0.15, 0.2) is 42.6 Å². The normalized spacial score (nSPS) is 16.8. The lowest BCUT2D eigenvalue weighted by Gasteiger charge is -2.14. The van der Waals surface area contributed by atoms with Gasteiger partial charge in [-0.2, -0.15) is 23.4 Å². The Kier molecular flexibility index (Phi) is 5.47. The lowest BCUT2D eigenvalue weighted by Crippen LogP contribution is -2.28. The predicted octanol–water partition coefficient (Wildman–Crippen LogP) is 3.40. The molecule has 0 spiro atoms. The molecular weight excluding hydrogens is 399 g/mol. The van der Waals surface area contributed by atoms with Crippen LogP contribution in [-0.2, 0) is 12.6 Å². The van der Waals surface area contributed by atoms with E-state index in [1.165, 1.54) is 12.1 Å². The number of hydrogen-bond acceptors (Lipinski definition) is 4. The number of nitrogens with zero attached hydrogens (tertiary/aromatic N) is 3. The first kappa shape index (κ1) is 20.0. The van der Waals surface area contributed by atoms with Gasteiger partial charge in [-0.3, -0.25) is 15.0 Å². The fourth-order valence-corrected chi connectivity index (χ4v) is 3.49. The van der Waals surface area contributed by atoms with Crippen LogP contribution in [0.4, 0.5) is 13.2 Å². The Morgan fingerprint density at radius 3 is 2.87 bits per heavy atom. The van der Waals surface area contributed by atoms with Gasteiger partial charge in [0, 0.05) is 37.3 Å². The van der Waals surface area contributed by atoms with Gasteiger partial charge in [0.05, 0.1) is 17.9 Å². The van der Waals surface area contributed by atoms with Gasteiger partial charge in [-0.1, -0.05) is 6.07 Å². The molecule has 2 N–H and O–H groups in total. The molecule has 1 aromatic carbocycles. The summed E-state index contributed by atoms with van der Waals surface area (Å²) in [6.45, 7) is 1.43. The van der Waals surface area contributed by atoms with Gasteiger partial charge in [-0.15, -0.1) is 0 Å². The third-order valence-electron chi connectivity index (χ3n) is 5.08. The van der Waals surface area contributed by atoms with Gasteiger partial charge in [0.1, 0.15) is 11.4 Å². The topological polar surface area (TPSA) is 86.9 Å². The highest BCUT2D eigenvalue weighted by atomic mass is 19.4. The van der Waals surface area contributed by atoms with Crippen molar-refractivity contribution in [2.45, 2.75) is 24.9 Å². The zero-order valence-corrected chi connectivity index (χ0v) is 15.9. The average molecular weight is 419 g/mol. The van der Waals surface area contributed by atoms with Gasteiger partial charge in [0.25, 0.3) is 5.91 Å². The zero-order valence-electron chi connectivity index (χ0n) is 15.9. The second kappa shape index (κ2) is 8.21. The monoisotopic (exact) mass is 419 g/mol. The largest absolute Gasteiger partial charge is 0.493 e. The van der Waals surface area contributed by atoms with Crippen LogP contribution in [0.5, 0.6) is 5.75 Å². The molecule has 1 aliphatic rings. The number of carbonyl (C=O) groups excluding carboxylic acids is 1. The van der Waals surface area contributed by atoms with Crippen LogP contribution in [0.25, 0.3) is 0 Å². The summed E-state index contributed by atoms with van der Waals surface area (Å²) in [5.41, 5.74) is 1.42. The molecule has 1 fully saturated rings. The van der Waals surface area contributed by atoms with E-state index in [4.69, 9.17) is 4.74 Å². The smallest absolute Gasteiger partial charge is 0.416 e. The molecule has 0 saturated carbocycles. The highest BCUT2D eigenvalue weighted by Crippen LogP contribution is 2.31. The minimum atomic E-state index is -4.40. The molecule has 0 radical (unpaired) electrons. The maximum Gasteiger partial charge on any atom is 0.416 e. The van der Waals surface area contributed by atoms with Crippen LogP contribution in [0.3, 0.4) is 0 Å². The fourth-order valence-electron chi connectivity index (χ4n) is 3.49. The van der Waals surface area contributed by atoms with E-state index in [1.54, 1.807) is 17.2 Å². The van der Waals surface area contributed by atoms with Crippen molar-refractivity contribution in [3.05, 3.63) is 65.2 Å². The summed E-state index contributed by atoms with van der Waals surface area (Å²) in [6, 6.07) is 8.38. The fraction of sp³-hybridized carbons (Fsp3) is 0.350. The van der Waals surface area contributed by atoms with Crippen molar-refractivity contribution in [1.29, 1.82) is 0 Å². The second-order valence-electron chi connectivity index (χ2n) is 7.15. The van der Waals surface area contributed by atoms with E-state index in [2.05, 4.69) is 20.4 Å². The number of nitrogens with one attached hydrogen (secondary N) is 2. The van der Waals surface area contributed by atoms with Gasteiger partial charge in [0.2, 0.25) is 0 Å². The van der Waals surface area contributed by atoms with Crippen molar-refractivity contribution in [2.75, 3.05) is 19.7 Å². The van der Waals surface area contributed by atoms with Crippen molar-refractivity contribution in [3.63, 3.8) is 0 Å². The third-order valence-corrected chi connectivity index (χ3v) is 5.08. The minimum Gasteiger partial charge on any atom is -0.493 e. The van der Waals surface area contributed by atoms with Crippen LogP contribution in [0, 0.1) is 0 Å². The lowest BCUT2D eigenvalue weighted by molar-refractivity contribution is -0.137. The van der Waals surface area contributed by atoms with Crippen molar-refractivity contribution in [2.24, 2.45) is 0 Å². The summed E-state index contributed by atoms with van der Waals surface area (Å²) in [5, 5.41) is 13.8. The molecule has 3 heterocycles. The number of aromatic amines is 2. The maximum absolute atomic E-state index is 12.8. The number of aromatic nitrogens is 4. The van der Waals surface area contributed by atoms with Gasteiger partial charge in [-0.05, 0) is 36.8 Å². The first-order valence-corrected chi connectivity index (χ1v) is 9.53. The van der Waals surface area contributed by atoms with E-state index in [0.29, 0.717) is 25.2 Å². The van der Waals surface area contributed by atoms with Crippen molar-refractivity contribution >= 4 is 5.91 Å². The minimum absolute atomic E-state index is 0.0831. The van der Waals surface area contributed by atoms with E-state index in [9.17, 15) is 18.0 Å². The molecule has 30 heavy (non-hydrogen) atoms. The number of benzene rings is 1. The number of rotatable bonds is 6. The first-order valence-electron chi connectivity index (χ1n) is 9.53. The molecule has 2 aromatic heterocycles. The molecule has 1 aliphatic heterocycles. The summed E-state index contributed by atoms with van der Waals surface area (Å²) in [7, 11) is 0. The molecule has 0 aliphatic carbocycles. The molecule has 1 atom stereocenters. The number of alkyl halides is 3. The molecule has 10 heteroatoms. The quantitative estimate of drug-likeness (QED) is 0.641. The van der Waals surface area contributed by atoms with Gasteiger partial charge < -0.3 is 9.64 Å². The summed E-state index contributed by atoms with van der Waals surface area (Å²) < 4.78 is 43.8. The Morgan fingerprint density at radius 2 is 2.10 bits per heavy atom. The number of halogens is 3. The number of likely N-dealkylation sites (tertiary alicyclic amines) is 1. The number of ether oxygens (including phenoxy) is 1. The Balaban J connectivity index is 1.29. The summed E-state index contributed by atoms with van der Waals surface area (Å²) in [6.07, 6.45) is -1.56.